The zero-order valence-corrected chi connectivity index (χ0v) is 11.6. The molecule has 2 rings (SSSR count). The number of hydrogen-bond acceptors (Lipinski definition) is 6. The van der Waals surface area contributed by atoms with Crippen LogP contribution in [-0.2, 0) is 0 Å². The smallest absolute Gasteiger partial charge is 0.229 e. The van der Waals surface area contributed by atoms with Crippen molar-refractivity contribution in [3.8, 4) is 6.07 Å². The Kier molecular flexibility index (Phi) is 4.83. The van der Waals surface area contributed by atoms with E-state index in [-0.39, 0.29) is 0 Å². The number of carbonyl (C=O) groups excluding carboxylic acids is 1. The Morgan fingerprint density at radius 2 is 2.10 bits per heavy atom. The van der Waals surface area contributed by atoms with Crippen LogP contribution >= 0.6 is 0 Å². The van der Waals surface area contributed by atoms with Gasteiger partial charge in [-0.25, -0.2) is 4.98 Å². The van der Waals surface area contributed by atoms with E-state index in [1.807, 2.05) is 6.92 Å². The maximum absolute atomic E-state index is 11.0. The minimum atomic E-state index is 0.393. The third-order valence-corrected chi connectivity index (χ3v) is 2.76. The molecule has 106 valence electrons. The molecule has 1 aromatic carbocycles. The number of benzene rings is 1. The van der Waals surface area contributed by atoms with Crippen molar-refractivity contribution >= 4 is 23.7 Å². The van der Waals surface area contributed by atoms with Crippen LogP contribution in [0.3, 0.4) is 0 Å². The topological polar surface area (TPSA) is 90.7 Å². The van der Waals surface area contributed by atoms with Crippen LogP contribution in [0.25, 0.3) is 0 Å². The third kappa shape index (κ3) is 3.76. The SMILES string of the molecule is CCCNc1nc(Nc2ccc(C#N)cc2)ncc1C=O. The Morgan fingerprint density at radius 1 is 1.33 bits per heavy atom. The lowest BCUT2D eigenvalue weighted by molar-refractivity contribution is 0.112. The Bertz CT molecular complexity index is 661. The standard InChI is InChI=1S/C15H15N5O/c1-2-7-17-14-12(10-21)9-18-15(20-14)19-13-5-3-11(8-16)4-6-13/h3-6,9-10H,2,7H2,1H3,(H2,17,18,19,20). The molecule has 0 radical (unpaired) electrons. The summed E-state index contributed by atoms with van der Waals surface area (Å²) in [5.74, 6) is 0.905. The van der Waals surface area contributed by atoms with Crippen molar-refractivity contribution in [1.29, 1.82) is 5.26 Å². The van der Waals surface area contributed by atoms with Crippen LogP contribution in [0, 0.1) is 11.3 Å². The highest BCUT2D eigenvalue weighted by atomic mass is 16.1. The second-order valence-corrected chi connectivity index (χ2v) is 4.36. The van der Waals surface area contributed by atoms with E-state index in [4.69, 9.17) is 5.26 Å². The van der Waals surface area contributed by atoms with Gasteiger partial charge in [-0.2, -0.15) is 10.2 Å². The van der Waals surface area contributed by atoms with Gasteiger partial charge in [-0.05, 0) is 30.7 Å². The number of anilines is 3. The van der Waals surface area contributed by atoms with E-state index in [0.29, 0.717) is 22.9 Å². The first-order valence-corrected chi connectivity index (χ1v) is 6.60. The van der Waals surface area contributed by atoms with Crippen molar-refractivity contribution in [2.75, 3.05) is 17.2 Å². The highest BCUT2D eigenvalue weighted by Gasteiger charge is 2.06. The van der Waals surface area contributed by atoms with E-state index in [0.717, 1.165) is 24.9 Å². The fourth-order valence-corrected chi connectivity index (χ4v) is 1.68. The lowest BCUT2D eigenvalue weighted by Crippen LogP contribution is -2.08. The van der Waals surface area contributed by atoms with E-state index < -0.39 is 0 Å². The van der Waals surface area contributed by atoms with Crippen molar-refractivity contribution in [3.63, 3.8) is 0 Å². The Morgan fingerprint density at radius 3 is 2.71 bits per heavy atom. The van der Waals surface area contributed by atoms with Gasteiger partial charge < -0.3 is 10.6 Å². The summed E-state index contributed by atoms with van der Waals surface area (Å²) in [6.45, 7) is 2.76. The van der Waals surface area contributed by atoms with Crippen LogP contribution in [0.15, 0.2) is 30.5 Å². The molecule has 21 heavy (non-hydrogen) atoms. The highest BCUT2D eigenvalue weighted by Crippen LogP contribution is 2.17. The average molecular weight is 281 g/mol. The number of nitrogens with one attached hydrogen (secondary N) is 2. The molecule has 0 aliphatic rings. The Labute approximate surface area is 122 Å². The Hall–Kier alpha value is -2.94. The van der Waals surface area contributed by atoms with E-state index in [1.165, 1.54) is 6.20 Å². The van der Waals surface area contributed by atoms with Crippen molar-refractivity contribution in [3.05, 3.63) is 41.6 Å². The molecular formula is C15H15N5O. The molecule has 0 saturated heterocycles. The van der Waals surface area contributed by atoms with Crippen molar-refractivity contribution < 1.29 is 4.79 Å². The Balaban J connectivity index is 2.19. The highest BCUT2D eigenvalue weighted by molar-refractivity contribution is 5.82. The molecule has 0 atom stereocenters. The van der Waals surface area contributed by atoms with Crippen LogP contribution in [0.2, 0.25) is 0 Å². The predicted octanol–water partition coefficient (Wildman–Crippen LogP) is 2.73. The molecule has 2 N–H and O–H groups in total. The molecule has 6 heteroatoms. The van der Waals surface area contributed by atoms with E-state index >= 15 is 0 Å². The van der Waals surface area contributed by atoms with Crippen LogP contribution in [0.5, 0.6) is 0 Å². The summed E-state index contributed by atoms with van der Waals surface area (Å²) in [5, 5.41) is 14.9. The van der Waals surface area contributed by atoms with Gasteiger partial charge in [0.2, 0.25) is 5.95 Å². The lowest BCUT2D eigenvalue weighted by atomic mass is 10.2. The van der Waals surface area contributed by atoms with E-state index in [9.17, 15) is 4.79 Å². The summed E-state index contributed by atoms with van der Waals surface area (Å²) in [6.07, 6.45) is 3.13. The summed E-state index contributed by atoms with van der Waals surface area (Å²) >= 11 is 0. The summed E-state index contributed by atoms with van der Waals surface area (Å²) in [4.78, 5) is 19.3. The first-order valence-electron chi connectivity index (χ1n) is 6.60. The molecule has 0 saturated carbocycles. The fourth-order valence-electron chi connectivity index (χ4n) is 1.68. The van der Waals surface area contributed by atoms with Gasteiger partial charge in [-0.3, -0.25) is 4.79 Å². The average Bonchev–Trinajstić information content (AvgIpc) is 2.54. The minimum Gasteiger partial charge on any atom is -0.369 e. The third-order valence-electron chi connectivity index (χ3n) is 2.76. The first kappa shape index (κ1) is 14.5. The minimum absolute atomic E-state index is 0.393. The molecular weight excluding hydrogens is 266 g/mol. The number of rotatable bonds is 6. The predicted molar refractivity (Wildman–Crippen MR) is 80.6 cm³/mol. The van der Waals surface area contributed by atoms with Crippen molar-refractivity contribution in [1.82, 2.24) is 9.97 Å². The fraction of sp³-hybridized carbons (Fsp3) is 0.200. The molecule has 0 unspecified atom stereocenters. The molecule has 6 nitrogen and oxygen atoms in total. The summed E-state index contributed by atoms with van der Waals surface area (Å²) in [7, 11) is 0. The number of nitriles is 1. The normalized spacial score (nSPS) is 9.71. The van der Waals surface area contributed by atoms with Crippen molar-refractivity contribution in [2.45, 2.75) is 13.3 Å². The quantitative estimate of drug-likeness (QED) is 0.791. The van der Waals surface area contributed by atoms with Gasteiger partial charge in [0.1, 0.15) is 5.82 Å². The lowest BCUT2D eigenvalue weighted by Gasteiger charge is -2.09. The van der Waals surface area contributed by atoms with Gasteiger partial charge in [0.15, 0.2) is 6.29 Å². The number of nitrogens with zero attached hydrogens (tertiary/aromatic N) is 3. The van der Waals surface area contributed by atoms with Gasteiger partial charge in [0.05, 0.1) is 17.2 Å². The molecule has 0 amide bonds. The van der Waals surface area contributed by atoms with Gasteiger partial charge >= 0.3 is 0 Å². The van der Waals surface area contributed by atoms with Crippen molar-refractivity contribution in [2.24, 2.45) is 0 Å². The molecule has 0 aliphatic carbocycles. The van der Waals surface area contributed by atoms with E-state index in [1.54, 1.807) is 24.3 Å². The van der Waals surface area contributed by atoms with Crippen LogP contribution < -0.4 is 10.6 Å². The van der Waals surface area contributed by atoms with Gasteiger partial charge in [-0.1, -0.05) is 6.92 Å². The maximum atomic E-state index is 11.0. The van der Waals surface area contributed by atoms with Gasteiger partial charge in [0.25, 0.3) is 0 Å². The van der Waals surface area contributed by atoms with Crippen LogP contribution in [-0.4, -0.2) is 22.8 Å². The summed E-state index contributed by atoms with van der Waals surface area (Å²) in [6, 6.07) is 9.02. The monoisotopic (exact) mass is 281 g/mol. The second-order valence-electron chi connectivity index (χ2n) is 4.36. The zero-order chi connectivity index (χ0) is 15.1. The largest absolute Gasteiger partial charge is 0.369 e. The van der Waals surface area contributed by atoms with Crippen LogP contribution in [0.1, 0.15) is 29.3 Å². The molecule has 1 aromatic heterocycles. The second kappa shape index (κ2) is 7.01. The molecule has 1 heterocycles. The molecule has 0 spiro atoms. The number of aromatic nitrogens is 2. The van der Waals surface area contributed by atoms with E-state index in [2.05, 4.69) is 26.7 Å². The van der Waals surface area contributed by atoms with Crippen LogP contribution in [0.4, 0.5) is 17.5 Å². The number of hydrogen-bond donors (Lipinski definition) is 2. The van der Waals surface area contributed by atoms with Gasteiger partial charge in [-0.15, -0.1) is 0 Å². The number of carbonyl (C=O) groups is 1. The summed E-state index contributed by atoms with van der Waals surface area (Å²) < 4.78 is 0. The summed E-state index contributed by atoms with van der Waals surface area (Å²) in [5.41, 5.74) is 1.78. The maximum Gasteiger partial charge on any atom is 0.229 e. The molecule has 0 aliphatic heterocycles. The number of aldehydes is 1. The molecule has 2 aromatic rings. The molecule has 0 fully saturated rings. The first-order chi connectivity index (χ1) is 10.3. The van der Waals surface area contributed by atoms with Gasteiger partial charge in [0, 0.05) is 18.4 Å². The molecule has 0 bridgehead atoms. The zero-order valence-electron chi connectivity index (χ0n) is 11.6.